The molecule has 3 nitrogen and oxygen atoms in total. The van der Waals surface area contributed by atoms with Gasteiger partial charge in [-0.3, -0.25) is 4.79 Å². The number of nitrogens with two attached hydrogens (primary N) is 1. The Morgan fingerprint density at radius 1 is 1.33 bits per heavy atom. The lowest BCUT2D eigenvalue weighted by atomic mass is 9.96. The molecule has 0 spiro atoms. The third-order valence-corrected chi connectivity index (χ3v) is 2.93. The first-order valence-electron chi connectivity index (χ1n) is 5.36. The fourth-order valence-corrected chi connectivity index (χ4v) is 1.98. The Morgan fingerprint density at radius 3 is 2.67 bits per heavy atom. The van der Waals surface area contributed by atoms with Gasteiger partial charge in [-0.1, -0.05) is 18.2 Å². The number of piperidine rings is 1. The summed E-state index contributed by atoms with van der Waals surface area (Å²) in [5, 5.41) is 0. The number of benzene rings is 1. The molecular formula is C12H16N2O. The van der Waals surface area contributed by atoms with E-state index in [9.17, 15) is 4.79 Å². The van der Waals surface area contributed by atoms with Crippen molar-refractivity contribution < 1.29 is 4.79 Å². The number of carbonyl (C=O) groups is 1. The minimum atomic E-state index is 0.197. The van der Waals surface area contributed by atoms with Crippen LogP contribution in [0.4, 0.5) is 5.69 Å². The van der Waals surface area contributed by atoms with E-state index in [1.165, 1.54) is 0 Å². The van der Waals surface area contributed by atoms with Crippen LogP contribution in [-0.2, 0) is 4.79 Å². The largest absolute Gasteiger partial charge is 0.330 e. The van der Waals surface area contributed by atoms with Gasteiger partial charge in [0, 0.05) is 18.7 Å². The zero-order valence-corrected chi connectivity index (χ0v) is 8.73. The number of anilines is 1. The second-order valence-corrected chi connectivity index (χ2v) is 3.98. The van der Waals surface area contributed by atoms with Gasteiger partial charge in [0.05, 0.1) is 0 Å². The molecule has 0 aliphatic carbocycles. The minimum Gasteiger partial charge on any atom is -0.330 e. The highest BCUT2D eigenvalue weighted by Gasteiger charge is 2.25. The molecule has 2 rings (SSSR count). The maximum Gasteiger partial charge on any atom is 0.227 e. The van der Waals surface area contributed by atoms with Crippen molar-refractivity contribution in [3.05, 3.63) is 30.3 Å². The van der Waals surface area contributed by atoms with E-state index < -0.39 is 0 Å². The molecule has 1 aromatic carbocycles. The zero-order valence-electron chi connectivity index (χ0n) is 8.73. The second-order valence-electron chi connectivity index (χ2n) is 3.98. The summed E-state index contributed by atoms with van der Waals surface area (Å²) in [4.78, 5) is 13.7. The molecular weight excluding hydrogens is 188 g/mol. The quantitative estimate of drug-likeness (QED) is 0.791. The van der Waals surface area contributed by atoms with Gasteiger partial charge in [0.25, 0.3) is 0 Å². The van der Waals surface area contributed by atoms with Crippen LogP contribution in [0.1, 0.15) is 12.8 Å². The summed E-state index contributed by atoms with van der Waals surface area (Å²) in [5.74, 6) is 0.570. The van der Waals surface area contributed by atoms with Crippen LogP contribution >= 0.6 is 0 Å². The Balaban J connectivity index is 2.10. The number of amides is 1. The number of nitrogens with zero attached hydrogens (tertiary/aromatic N) is 1. The zero-order chi connectivity index (χ0) is 10.7. The van der Waals surface area contributed by atoms with E-state index in [2.05, 4.69) is 0 Å². The summed E-state index contributed by atoms with van der Waals surface area (Å²) >= 11 is 0. The molecule has 1 atom stereocenters. The van der Waals surface area contributed by atoms with Crippen LogP contribution < -0.4 is 10.6 Å². The maximum atomic E-state index is 11.8. The number of carbonyl (C=O) groups excluding carboxylic acids is 1. The van der Waals surface area contributed by atoms with Gasteiger partial charge in [0.2, 0.25) is 5.91 Å². The molecule has 1 aliphatic rings. The molecule has 1 amide bonds. The first-order chi connectivity index (χ1) is 7.31. The summed E-state index contributed by atoms with van der Waals surface area (Å²) in [6, 6.07) is 9.82. The van der Waals surface area contributed by atoms with Crippen LogP contribution in [0.15, 0.2) is 30.3 Å². The molecule has 0 radical (unpaired) electrons. The highest BCUT2D eigenvalue weighted by atomic mass is 16.2. The van der Waals surface area contributed by atoms with Crippen molar-refractivity contribution in [3.8, 4) is 0 Å². The number of hydrogen-bond acceptors (Lipinski definition) is 2. The predicted octanol–water partition coefficient (Wildman–Crippen LogP) is 1.39. The van der Waals surface area contributed by atoms with E-state index in [4.69, 9.17) is 5.73 Å². The van der Waals surface area contributed by atoms with Crippen molar-refractivity contribution in [2.45, 2.75) is 12.8 Å². The lowest BCUT2D eigenvalue weighted by Crippen LogP contribution is -2.40. The molecule has 1 aliphatic heterocycles. The van der Waals surface area contributed by atoms with E-state index in [1.54, 1.807) is 0 Å². The van der Waals surface area contributed by atoms with Crippen molar-refractivity contribution in [3.63, 3.8) is 0 Å². The van der Waals surface area contributed by atoms with Crippen molar-refractivity contribution in [1.29, 1.82) is 0 Å². The highest BCUT2D eigenvalue weighted by Crippen LogP contribution is 2.23. The topological polar surface area (TPSA) is 46.3 Å². The van der Waals surface area contributed by atoms with E-state index in [0.29, 0.717) is 18.9 Å². The lowest BCUT2D eigenvalue weighted by Gasteiger charge is -2.31. The average Bonchev–Trinajstić information content (AvgIpc) is 2.30. The van der Waals surface area contributed by atoms with Gasteiger partial charge in [-0.25, -0.2) is 0 Å². The number of para-hydroxylation sites is 1. The Morgan fingerprint density at radius 2 is 2.07 bits per heavy atom. The standard InChI is InChI=1S/C12H16N2O/c13-9-10-6-7-14(12(15)8-10)11-4-2-1-3-5-11/h1-5,10H,6-9,13H2. The molecule has 1 unspecified atom stereocenters. The van der Waals surface area contributed by atoms with Crippen molar-refractivity contribution >= 4 is 11.6 Å². The summed E-state index contributed by atoms with van der Waals surface area (Å²) < 4.78 is 0. The summed E-state index contributed by atoms with van der Waals surface area (Å²) in [7, 11) is 0. The molecule has 0 saturated carbocycles. The Bertz CT molecular complexity index is 337. The predicted molar refractivity (Wildman–Crippen MR) is 60.6 cm³/mol. The summed E-state index contributed by atoms with van der Waals surface area (Å²) in [6.45, 7) is 1.42. The van der Waals surface area contributed by atoms with Gasteiger partial charge in [-0.2, -0.15) is 0 Å². The van der Waals surface area contributed by atoms with E-state index in [1.807, 2.05) is 35.2 Å². The number of rotatable bonds is 2. The monoisotopic (exact) mass is 204 g/mol. The SMILES string of the molecule is NCC1CCN(c2ccccc2)C(=O)C1. The molecule has 80 valence electrons. The van der Waals surface area contributed by atoms with Gasteiger partial charge in [-0.05, 0) is 31.0 Å². The lowest BCUT2D eigenvalue weighted by molar-refractivity contribution is -0.120. The molecule has 3 heteroatoms. The fourth-order valence-electron chi connectivity index (χ4n) is 1.98. The Hall–Kier alpha value is -1.35. The van der Waals surface area contributed by atoms with Crippen LogP contribution in [0.5, 0.6) is 0 Å². The molecule has 0 aromatic heterocycles. The van der Waals surface area contributed by atoms with Gasteiger partial charge < -0.3 is 10.6 Å². The van der Waals surface area contributed by atoms with E-state index in [-0.39, 0.29) is 5.91 Å². The maximum absolute atomic E-state index is 11.8. The van der Waals surface area contributed by atoms with Gasteiger partial charge in [0.1, 0.15) is 0 Å². The van der Waals surface area contributed by atoms with E-state index >= 15 is 0 Å². The van der Waals surface area contributed by atoms with Crippen LogP contribution in [-0.4, -0.2) is 19.0 Å². The highest BCUT2D eigenvalue weighted by molar-refractivity contribution is 5.94. The number of hydrogen-bond donors (Lipinski definition) is 1. The van der Waals surface area contributed by atoms with Crippen LogP contribution in [0, 0.1) is 5.92 Å². The molecule has 15 heavy (non-hydrogen) atoms. The smallest absolute Gasteiger partial charge is 0.227 e. The molecule has 0 bridgehead atoms. The second kappa shape index (κ2) is 4.45. The van der Waals surface area contributed by atoms with Crippen molar-refractivity contribution in [2.75, 3.05) is 18.0 Å². The molecule has 1 heterocycles. The first-order valence-corrected chi connectivity index (χ1v) is 5.36. The third kappa shape index (κ3) is 2.18. The van der Waals surface area contributed by atoms with Crippen LogP contribution in [0.25, 0.3) is 0 Å². The third-order valence-electron chi connectivity index (χ3n) is 2.93. The molecule has 1 fully saturated rings. The summed E-state index contributed by atoms with van der Waals surface area (Å²) in [5.41, 5.74) is 6.58. The minimum absolute atomic E-state index is 0.197. The fraction of sp³-hybridized carbons (Fsp3) is 0.417. The van der Waals surface area contributed by atoms with Gasteiger partial charge >= 0.3 is 0 Å². The van der Waals surface area contributed by atoms with Crippen molar-refractivity contribution in [2.24, 2.45) is 11.7 Å². The Kier molecular flexibility index (Phi) is 3.02. The molecule has 1 aromatic rings. The summed E-state index contributed by atoms with van der Waals surface area (Å²) in [6.07, 6.45) is 1.60. The molecule has 1 saturated heterocycles. The van der Waals surface area contributed by atoms with Crippen LogP contribution in [0.2, 0.25) is 0 Å². The first kappa shape index (κ1) is 10.2. The normalized spacial score (nSPS) is 21.8. The van der Waals surface area contributed by atoms with Crippen LogP contribution in [0.3, 0.4) is 0 Å². The molecule has 2 N–H and O–H groups in total. The Labute approximate surface area is 89.9 Å². The van der Waals surface area contributed by atoms with Gasteiger partial charge in [-0.15, -0.1) is 0 Å². The van der Waals surface area contributed by atoms with Crippen molar-refractivity contribution in [1.82, 2.24) is 0 Å². The average molecular weight is 204 g/mol. The van der Waals surface area contributed by atoms with E-state index in [0.717, 1.165) is 18.7 Å². The van der Waals surface area contributed by atoms with Gasteiger partial charge in [0.15, 0.2) is 0 Å².